The van der Waals surface area contributed by atoms with Crippen LogP contribution in [0.5, 0.6) is 0 Å². The molecule has 1 aromatic heterocycles. The van der Waals surface area contributed by atoms with Gasteiger partial charge in [0.25, 0.3) is 0 Å². The van der Waals surface area contributed by atoms with E-state index in [2.05, 4.69) is 4.98 Å². The molecule has 0 amide bonds. The second kappa shape index (κ2) is 11.4. The highest BCUT2D eigenvalue weighted by Crippen LogP contribution is 2.18. The molecule has 1 aromatic rings. The number of aryl methyl sites for hydroxylation is 1. The Labute approximate surface area is 150 Å². The van der Waals surface area contributed by atoms with Gasteiger partial charge < -0.3 is 27.7 Å². The summed E-state index contributed by atoms with van der Waals surface area (Å²) < 4.78 is 24.0. The van der Waals surface area contributed by atoms with Crippen LogP contribution in [0.4, 0.5) is 0 Å². The van der Waals surface area contributed by atoms with Crippen molar-refractivity contribution in [3.63, 3.8) is 0 Å². The van der Waals surface area contributed by atoms with Gasteiger partial charge in [-0.1, -0.05) is 0 Å². The normalized spacial score (nSPS) is 13.0. The summed E-state index contributed by atoms with van der Waals surface area (Å²) in [6.45, 7) is 9.10. The summed E-state index contributed by atoms with van der Waals surface area (Å²) in [6.07, 6.45) is 2.77. The van der Waals surface area contributed by atoms with Crippen LogP contribution in [0.3, 0.4) is 0 Å². The highest BCUT2D eigenvalue weighted by molar-refractivity contribution is 6.60. The Bertz CT molecular complexity index is 494. The second-order valence-electron chi connectivity index (χ2n) is 5.45. The molecule has 0 spiro atoms. The number of aromatic nitrogens is 2. The van der Waals surface area contributed by atoms with Crippen molar-refractivity contribution in [1.82, 2.24) is 9.55 Å². The molecule has 25 heavy (non-hydrogen) atoms. The standard InChI is InChI=1S/C16H30N2O6Si/c1-5-22-25(23-6-2,24-7-3)11-8-16(20)21-13-15(19)12-18-10-9-17-14(18)4/h9-10,15,19H,5-8,11-13H2,1-4H3. The molecule has 0 radical (unpaired) electrons. The lowest BCUT2D eigenvalue weighted by atomic mass is 10.3. The number of hydrogen-bond acceptors (Lipinski definition) is 7. The number of carbonyl (C=O) groups excluding carboxylic acids is 1. The molecule has 0 saturated heterocycles. The number of esters is 1. The fourth-order valence-corrected chi connectivity index (χ4v) is 4.91. The lowest BCUT2D eigenvalue weighted by Gasteiger charge is -2.28. The van der Waals surface area contributed by atoms with Crippen LogP contribution in [0.2, 0.25) is 6.04 Å². The molecule has 0 aromatic carbocycles. The summed E-state index contributed by atoms with van der Waals surface area (Å²) in [6, 6.07) is 0.359. The Balaban J connectivity index is 2.42. The van der Waals surface area contributed by atoms with E-state index in [1.54, 1.807) is 17.0 Å². The van der Waals surface area contributed by atoms with E-state index in [0.29, 0.717) is 32.4 Å². The number of aliphatic hydroxyl groups excluding tert-OH is 1. The molecule has 8 nitrogen and oxygen atoms in total. The minimum absolute atomic E-state index is 0.0666. The lowest BCUT2D eigenvalue weighted by Crippen LogP contribution is -2.46. The quantitative estimate of drug-likeness (QED) is 0.413. The first-order chi connectivity index (χ1) is 12.0. The van der Waals surface area contributed by atoms with Gasteiger partial charge in [0.2, 0.25) is 0 Å². The summed E-state index contributed by atoms with van der Waals surface area (Å²) in [5.74, 6) is 0.392. The van der Waals surface area contributed by atoms with Gasteiger partial charge >= 0.3 is 14.8 Å². The summed E-state index contributed by atoms with van der Waals surface area (Å²) >= 11 is 0. The molecular weight excluding hydrogens is 344 g/mol. The van der Waals surface area contributed by atoms with Gasteiger partial charge in [-0.3, -0.25) is 4.79 Å². The number of imidazole rings is 1. The van der Waals surface area contributed by atoms with Gasteiger partial charge in [0.05, 0.1) is 6.54 Å². The number of carbonyl (C=O) groups is 1. The zero-order valence-corrected chi connectivity index (χ0v) is 16.6. The van der Waals surface area contributed by atoms with Crippen molar-refractivity contribution in [3.8, 4) is 0 Å². The zero-order valence-electron chi connectivity index (χ0n) is 15.6. The molecule has 0 fully saturated rings. The van der Waals surface area contributed by atoms with Crippen LogP contribution >= 0.6 is 0 Å². The van der Waals surface area contributed by atoms with Gasteiger partial charge in [-0.25, -0.2) is 4.98 Å². The van der Waals surface area contributed by atoms with Crippen LogP contribution in [0.25, 0.3) is 0 Å². The summed E-state index contributed by atoms with van der Waals surface area (Å²) in [5, 5.41) is 9.98. The van der Waals surface area contributed by atoms with Crippen molar-refractivity contribution in [3.05, 3.63) is 18.2 Å². The fraction of sp³-hybridized carbons (Fsp3) is 0.750. The van der Waals surface area contributed by atoms with E-state index in [0.717, 1.165) is 5.82 Å². The third kappa shape index (κ3) is 7.66. The Morgan fingerprint density at radius 2 is 1.84 bits per heavy atom. The van der Waals surface area contributed by atoms with E-state index in [-0.39, 0.29) is 13.0 Å². The summed E-state index contributed by atoms with van der Waals surface area (Å²) in [7, 11) is -2.85. The maximum absolute atomic E-state index is 12.0. The van der Waals surface area contributed by atoms with Crippen molar-refractivity contribution in [2.75, 3.05) is 26.4 Å². The number of aliphatic hydroxyl groups is 1. The molecule has 1 heterocycles. The van der Waals surface area contributed by atoms with Crippen LogP contribution in [-0.4, -0.2) is 62.0 Å². The smallest absolute Gasteiger partial charge is 0.463 e. The minimum atomic E-state index is -2.85. The van der Waals surface area contributed by atoms with Crippen molar-refractivity contribution in [2.24, 2.45) is 0 Å². The first kappa shape index (κ1) is 21.8. The van der Waals surface area contributed by atoms with E-state index in [1.807, 2.05) is 27.7 Å². The van der Waals surface area contributed by atoms with Crippen LogP contribution in [0.15, 0.2) is 12.4 Å². The van der Waals surface area contributed by atoms with Crippen LogP contribution in [0, 0.1) is 6.92 Å². The van der Waals surface area contributed by atoms with Gasteiger partial charge in [0, 0.05) is 44.7 Å². The summed E-state index contributed by atoms with van der Waals surface area (Å²) in [5.41, 5.74) is 0. The second-order valence-corrected chi connectivity index (χ2v) is 8.18. The molecule has 1 atom stereocenters. The Hall–Kier alpha value is -1.26. The van der Waals surface area contributed by atoms with Gasteiger partial charge in [0.15, 0.2) is 0 Å². The van der Waals surface area contributed by atoms with Crippen LogP contribution < -0.4 is 0 Å². The highest BCUT2D eigenvalue weighted by atomic mass is 28.4. The Morgan fingerprint density at radius 3 is 2.32 bits per heavy atom. The molecule has 0 saturated carbocycles. The van der Waals surface area contributed by atoms with Crippen LogP contribution in [0.1, 0.15) is 33.0 Å². The predicted molar refractivity (Wildman–Crippen MR) is 94.0 cm³/mol. The first-order valence-electron chi connectivity index (χ1n) is 8.69. The Kier molecular flexibility index (Phi) is 9.91. The van der Waals surface area contributed by atoms with E-state index < -0.39 is 20.9 Å². The molecular formula is C16H30N2O6Si. The van der Waals surface area contributed by atoms with Crippen molar-refractivity contribution in [2.45, 2.75) is 52.8 Å². The Morgan fingerprint density at radius 1 is 1.24 bits per heavy atom. The number of hydrogen-bond donors (Lipinski definition) is 1. The van der Waals surface area contributed by atoms with Gasteiger partial charge in [-0.05, 0) is 27.7 Å². The molecule has 0 aliphatic heterocycles. The van der Waals surface area contributed by atoms with Gasteiger partial charge in [0.1, 0.15) is 18.5 Å². The number of nitrogens with zero attached hydrogens (tertiary/aromatic N) is 2. The molecule has 0 aliphatic rings. The third-order valence-electron chi connectivity index (χ3n) is 3.50. The zero-order chi connectivity index (χ0) is 18.7. The van der Waals surface area contributed by atoms with E-state index in [4.69, 9.17) is 18.0 Å². The highest BCUT2D eigenvalue weighted by Gasteiger charge is 2.40. The van der Waals surface area contributed by atoms with E-state index in [9.17, 15) is 9.90 Å². The fourth-order valence-electron chi connectivity index (χ4n) is 2.39. The average molecular weight is 375 g/mol. The topological polar surface area (TPSA) is 92.0 Å². The van der Waals surface area contributed by atoms with Crippen molar-refractivity contribution >= 4 is 14.8 Å². The van der Waals surface area contributed by atoms with Crippen molar-refractivity contribution < 1.29 is 27.9 Å². The number of rotatable bonds is 13. The monoisotopic (exact) mass is 374 g/mol. The first-order valence-corrected chi connectivity index (χ1v) is 10.6. The maximum Gasteiger partial charge on any atom is 0.501 e. The number of ether oxygens (including phenoxy) is 1. The molecule has 0 aliphatic carbocycles. The van der Waals surface area contributed by atoms with E-state index in [1.165, 1.54) is 0 Å². The molecule has 9 heteroatoms. The maximum atomic E-state index is 12.0. The lowest BCUT2D eigenvalue weighted by molar-refractivity contribution is -0.146. The average Bonchev–Trinajstić information content (AvgIpc) is 2.97. The molecule has 1 N–H and O–H groups in total. The molecule has 1 unspecified atom stereocenters. The molecule has 144 valence electrons. The minimum Gasteiger partial charge on any atom is -0.463 e. The summed E-state index contributed by atoms with van der Waals surface area (Å²) in [4.78, 5) is 16.1. The molecule has 0 bridgehead atoms. The van der Waals surface area contributed by atoms with Crippen molar-refractivity contribution in [1.29, 1.82) is 0 Å². The van der Waals surface area contributed by atoms with Gasteiger partial charge in [-0.15, -0.1) is 0 Å². The van der Waals surface area contributed by atoms with Gasteiger partial charge in [-0.2, -0.15) is 0 Å². The van der Waals surface area contributed by atoms with Crippen LogP contribution in [-0.2, 0) is 29.4 Å². The largest absolute Gasteiger partial charge is 0.501 e. The van der Waals surface area contributed by atoms with E-state index >= 15 is 0 Å². The third-order valence-corrected chi connectivity index (χ3v) is 6.54. The predicted octanol–water partition coefficient (Wildman–Crippen LogP) is 1.53. The SMILES string of the molecule is CCO[Si](CCC(=O)OCC(O)Cn1ccnc1C)(OCC)OCC. The molecule has 1 rings (SSSR count).